The number of pyridine rings is 1. The number of anilines is 1. The molecule has 0 saturated heterocycles. The van der Waals surface area contributed by atoms with Gasteiger partial charge in [0.1, 0.15) is 12.7 Å². The van der Waals surface area contributed by atoms with E-state index >= 15 is 0 Å². The Labute approximate surface area is 166 Å². The standard InChI is InChI=1S/C21H17N5O3/c27-20(25-19-5-1-4-18-17(19)3-2-10-23-18)12-29-21(28)16-8-6-15(7-9-16)11-26-14-22-13-24-26/h1-10,13-14H,11-12H2,(H,25,27). The van der Waals surface area contributed by atoms with Gasteiger partial charge in [-0.15, -0.1) is 0 Å². The molecule has 0 aliphatic carbocycles. The summed E-state index contributed by atoms with van der Waals surface area (Å²) in [6.07, 6.45) is 4.77. The zero-order valence-electron chi connectivity index (χ0n) is 15.4. The average Bonchev–Trinajstić information content (AvgIpc) is 3.26. The van der Waals surface area contributed by atoms with Crippen LogP contribution in [0.15, 0.2) is 73.4 Å². The van der Waals surface area contributed by atoms with Crippen molar-refractivity contribution >= 4 is 28.5 Å². The van der Waals surface area contributed by atoms with Crippen LogP contribution in [0.25, 0.3) is 10.9 Å². The molecule has 0 bridgehead atoms. The first-order chi connectivity index (χ1) is 14.2. The lowest BCUT2D eigenvalue weighted by molar-refractivity contribution is -0.119. The maximum atomic E-state index is 12.2. The van der Waals surface area contributed by atoms with Crippen LogP contribution in [-0.4, -0.2) is 38.2 Å². The Hall–Kier alpha value is -4.07. The van der Waals surface area contributed by atoms with Gasteiger partial charge in [-0.1, -0.05) is 18.2 Å². The molecule has 4 aromatic rings. The molecule has 0 saturated carbocycles. The fourth-order valence-electron chi connectivity index (χ4n) is 2.86. The zero-order valence-corrected chi connectivity index (χ0v) is 15.4. The molecule has 4 rings (SSSR count). The van der Waals surface area contributed by atoms with Crippen LogP contribution in [0.1, 0.15) is 15.9 Å². The molecular weight excluding hydrogens is 370 g/mol. The molecule has 2 heterocycles. The Morgan fingerprint density at radius 2 is 1.90 bits per heavy atom. The molecule has 8 nitrogen and oxygen atoms in total. The van der Waals surface area contributed by atoms with E-state index in [1.165, 1.54) is 6.33 Å². The lowest BCUT2D eigenvalue weighted by Crippen LogP contribution is -2.21. The van der Waals surface area contributed by atoms with E-state index in [4.69, 9.17) is 4.74 Å². The Balaban J connectivity index is 1.33. The predicted molar refractivity (Wildman–Crippen MR) is 106 cm³/mol. The van der Waals surface area contributed by atoms with Crippen LogP contribution in [0.2, 0.25) is 0 Å². The topological polar surface area (TPSA) is 99.0 Å². The molecule has 2 aromatic heterocycles. The van der Waals surface area contributed by atoms with Crippen molar-refractivity contribution in [3.63, 3.8) is 0 Å². The number of benzene rings is 2. The molecule has 144 valence electrons. The summed E-state index contributed by atoms with van der Waals surface area (Å²) in [5.41, 5.74) is 2.73. The molecule has 8 heteroatoms. The normalized spacial score (nSPS) is 10.6. The Morgan fingerprint density at radius 1 is 1.03 bits per heavy atom. The molecule has 0 fully saturated rings. The third-order valence-corrected chi connectivity index (χ3v) is 4.25. The summed E-state index contributed by atoms with van der Waals surface area (Å²) in [5.74, 6) is -0.982. The Kier molecular flexibility index (Phi) is 5.24. The van der Waals surface area contributed by atoms with Crippen molar-refractivity contribution in [2.45, 2.75) is 6.54 Å². The summed E-state index contributed by atoms with van der Waals surface area (Å²) in [6, 6.07) is 16.0. The zero-order chi connectivity index (χ0) is 20.1. The minimum absolute atomic E-state index is 0.370. The summed E-state index contributed by atoms with van der Waals surface area (Å²) in [4.78, 5) is 32.5. The molecule has 0 atom stereocenters. The molecule has 29 heavy (non-hydrogen) atoms. The number of aromatic nitrogens is 4. The van der Waals surface area contributed by atoms with E-state index in [2.05, 4.69) is 20.4 Å². The monoisotopic (exact) mass is 387 g/mol. The maximum Gasteiger partial charge on any atom is 0.338 e. The third kappa shape index (κ3) is 4.44. The van der Waals surface area contributed by atoms with Crippen LogP contribution in [0.4, 0.5) is 5.69 Å². The van der Waals surface area contributed by atoms with Gasteiger partial charge in [0.05, 0.1) is 23.3 Å². The van der Waals surface area contributed by atoms with Gasteiger partial charge in [0.15, 0.2) is 6.61 Å². The minimum atomic E-state index is -0.563. The quantitative estimate of drug-likeness (QED) is 0.511. The highest BCUT2D eigenvalue weighted by Crippen LogP contribution is 2.21. The molecule has 0 radical (unpaired) electrons. The lowest BCUT2D eigenvalue weighted by atomic mass is 10.1. The Bertz CT molecular complexity index is 1140. The predicted octanol–water partition coefficient (Wildman–Crippen LogP) is 2.67. The van der Waals surface area contributed by atoms with Gasteiger partial charge < -0.3 is 10.1 Å². The molecular formula is C21H17N5O3. The van der Waals surface area contributed by atoms with Crippen molar-refractivity contribution in [2.75, 3.05) is 11.9 Å². The van der Waals surface area contributed by atoms with Gasteiger partial charge in [0.25, 0.3) is 5.91 Å². The first kappa shape index (κ1) is 18.3. The number of rotatable bonds is 6. The highest BCUT2D eigenvalue weighted by Gasteiger charge is 2.12. The molecule has 0 unspecified atom stereocenters. The lowest BCUT2D eigenvalue weighted by Gasteiger charge is -2.09. The van der Waals surface area contributed by atoms with E-state index in [1.54, 1.807) is 59.7 Å². The van der Waals surface area contributed by atoms with Crippen LogP contribution in [0.5, 0.6) is 0 Å². The second-order valence-electron chi connectivity index (χ2n) is 6.29. The van der Waals surface area contributed by atoms with Crippen molar-refractivity contribution in [1.29, 1.82) is 0 Å². The smallest absolute Gasteiger partial charge is 0.338 e. The van der Waals surface area contributed by atoms with Crippen molar-refractivity contribution in [1.82, 2.24) is 19.7 Å². The first-order valence-electron chi connectivity index (χ1n) is 8.91. The van der Waals surface area contributed by atoms with Crippen LogP contribution < -0.4 is 5.32 Å². The number of esters is 1. The van der Waals surface area contributed by atoms with Crippen molar-refractivity contribution in [3.05, 3.63) is 84.6 Å². The van der Waals surface area contributed by atoms with E-state index in [9.17, 15) is 9.59 Å². The van der Waals surface area contributed by atoms with E-state index in [-0.39, 0.29) is 6.61 Å². The number of carbonyl (C=O) groups excluding carboxylic acids is 2. The largest absolute Gasteiger partial charge is 0.452 e. The fraction of sp³-hybridized carbons (Fsp3) is 0.0952. The number of ether oxygens (including phenoxy) is 1. The highest BCUT2D eigenvalue weighted by molar-refractivity contribution is 6.02. The van der Waals surface area contributed by atoms with Gasteiger partial charge >= 0.3 is 5.97 Å². The number of fused-ring (bicyclic) bond motifs is 1. The fourth-order valence-corrected chi connectivity index (χ4v) is 2.86. The third-order valence-electron chi connectivity index (χ3n) is 4.25. The number of nitrogens with one attached hydrogen (secondary N) is 1. The van der Waals surface area contributed by atoms with Crippen molar-refractivity contribution in [2.24, 2.45) is 0 Å². The first-order valence-corrected chi connectivity index (χ1v) is 8.91. The van der Waals surface area contributed by atoms with Crippen LogP contribution in [-0.2, 0) is 16.1 Å². The second-order valence-corrected chi connectivity index (χ2v) is 6.29. The Morgan fingerprint density at radius 3 is 2.69 bits per heavy atom. The summed E-state index contributed by atoms with van der Waals surface area (Å²) >= 11 is 0. The average molecular weight is 387 g/mol. The molecule has 0 aliphatic rings. The molecule has 0 spiro atoms. The summed E-state index contributed by atoms with van der Waals surface area (Å²) in [7, 11) is 0. The minimum Gasteiger partial charge on any atom is -0.452 e. The highest BCUT2D eigenvalue weighted by atomic mass is 16.5. The number of carbonyl (C=O) groups is 2. The van der Waals surface area contributed by atoms with Crippen molar-refractivity contribution in [3.8, 4) is 0 Å². The van der Waals surface area contributed by atoms with E-state index in [0.717, 1.165) is 16.5 Å². The summed E-state index contributed by atoms with van der Waals surface area (Å²) < 4.78 is 6.81. The van der Waals surface area contributed by atoms with Gasteiger partial charge in [-0.25, -0.2) is 14.5 Å². The van der Waals surface area contributed by atoms with E-state index < -0.39 is 11.9 Å². The van der Waals surface area contributed by atoms with Gasteiger partial charge in [0.2, 0.25) is 0 Å². The molecule has 1 amide bonds. The van der Waals surface area contributed by atoms with Gasteiger partial charge in [0, 0.05) is 11.6 Å². The van der Waals surface area contributed by atoms with Gasteiger partial charge in [-0.05, 0) is 42.0 Å². The molecule has 1 N–H and O–H groups in total. The maximum absolute atomic E-state index is 12.2. The van der Waals surface area contributed by atoms with Crippen LogP contribution in [0, 0.1) is 0 Å². The SMILES string of the molecule is O=C(COC(=O)c1ccc(Cn2cncn2)cc1)Nc1cccc2ncccc12. The van der Waals surface area contributed by atoms with Crippen LogP contribution >= 0.6 is 0 Å². The molecule has 0 aliphatic heterocycles. The second kappa shape index (κ2) is 8.30. The van der Waals surface area contributed by atoms with Crippen LogP contribution in [0.3, 0.4) is 0 Å². The van der Waals surface area contributed by atoms with Crippen molar-refractivity contribution < 1.29 is 14.3 Å². The van der Waals surface area contributed by atoms with Gasteiger partial charge in [-0.2, -0.15) is 5.10 Å². The number of hydrogen-bond donors (Lipinski definition) is 1. The summed E-state index contributed by atoms with van der Waals surface area (Å²) in [6.45, 7) is 0.174. The number of hydrogen-bond acceptors (Lipinski definition) is 6. The number of nitrogens with zero attached hydrogens (tertiary/aromatic N) is 4. The number of amides is 1. The van der Waals surface area contributed by atoms with Gasteiger partial charge in [-0.3, -0.25) is 9.78 Å². The summed E-state index contributed by atoms with van der Waals surface area (Å²) in [5, 5.41) is 7.61. The van der Waals surface area contributed by atoms with E-state index in [1.807, 2.05) is 12.1 Å². The molecule has 2 aromatic carbocycles. The van der Waals surface area contributed by atoms with E-state index in [0.29, 0.717) is 17.8 Å².